The lowest BCUT2D eigenvalue weighted by Gasteiger charge is -2.67. The zero-order valence-electron chi connectivity index (χ0n) is 14.5. The normalized spacial score (nSPS) is 40.1. The fourth-order valence-corrected chi connectivity index (χ4v) is 5.38. The van der Waals surface area contributed by atoms with Crippen molar-refractivity contribution in [2.24, 2.45) is 17.8 Å². The summed E-state index contributed by atoms with van der Waals surface area (Å²) in [6, 6.07) is 10.1. The van der Waals surface area contributed by atoms with Crippen LogP contribution in [0, 0.1) is 17.8 Å². The largest absolute Gasteiger partial charge is 0.350 e. The fourth-order valence-electron chi connectivity index (χ4n) is 5.38. The maximum absolute atomic E-state index is 12.6. The second kappa shape index (κ2) is 5.07. The third-order valence-corrected chi connectivity index (χ3v) is 7.15. The van der Waals surface area contributed by atoms with E-state index in [9.17, 15) is 4.79 Å². The maximum atomic E-state index is 12.6. The molecule has 0 aromatic heterocycles. The van der Waals surface area contributed by atoms with Gasteiger partial charge < -0.3 is 5.32 Å². The lowest BCUT2D eigenvalue weighted by atomic mass is 9.53. The molecule has 4 bridgehead atoms. The molecule has 3 nitrogen and oxygen atoms in total. The Balaban J connectivity index is 1.49. The number of piperidine rings is 3. The first-order chi connectivity index (χ1) is 10.9. The summed E-state index contributed by atoms with van der Waals surface area (Å²) < 4.78 is 0. The van der Waals surface area contributed by atoms with Gasteiger partial charge in [0.15, 0.2) is 0 Å². The SMILES string of the molecule is CC1(NC(=O)Cc2ccccc2)C2CC3CC1CN(C2)C3(C)C. The van der Waals surface area contributed by atoms with E-state index < -0.39 is 0 Å². The summed E-state index contributed by atoms with van der Waals surface area (Å²) in [6.45, 7) is 9.39. The highest BCUT2D eigenvalue weighted by Gasteiger charge is 2.60. The number of carbonyl (C=O) groups excluding carboxylic acids is 1. The van der Waals surface area contributed by atoms with E-state index >= 15 is 0 Å². The molecule has 4 aliphatic rings. The second-order valence-electron chi connectivity index (χ2n) is 8.61. The molecule has 23 heavy (non-hydrogen) atoms. The molecule has 1 amide bonds. The van der Waals surface area contributed by atoms with Gasteiger partial charge in [-0.05, 0) is 56.9 Å². The van der Waals surface area contributed by atoms with Gasteiger partial charge in [-0.15, -0.1) is 0 Å². The molecule has 124 valence electrons. The molecule has 4 fully saturated rings. The van der Waals surface area contributed by atoms with Crippen LogP contribution in [0.15, 0.2) is 30.3 Å². The van der Waals surface area contributed by atoms with E-state index in [0.29, 0.717) is 23.8 Å². The minimum absolute atomic E-state index is 0.0185. The summed E-state index contributed by atoms with van der Waals surface area (Å²) in [5.41, 5.74) is 1.43. The smallest absolute Gasteiger partial charge is 0.224 e. The van der Waals surface area contributed by atoms with Gasteiger partial charge in [0.1, 0.15) is 0 Å². The van der Waals surface area contributed by atoms with Gasteiger partial charge in [-0.25, -0.2) is 0 Å². The maximum Gasteiger partial charge on any atom is 0.224 e. The number of nitrogens with one attached hydrogen (secondary N) is 1. The van der Waals surface area contributed by atoms with Gasteiger partial charge in [0, 0.05) is 24.2 Å². The molecule has 3 heteroatoms. The van der Waals surface area contributed by atoms with Crippen molar-refractivity contribution in [2.75, 3.05) is 13.1 Å². The van der Waals surface area contributed by atoms with Crippen LogP contribution in [0.3, 0.4) is 0 Å². The third-order valence-electron chi connectivity index (χ3n) is 7.15. The molecule has 1 aromatic carbocycles. The first-order valence-corrected chi connectivity index (χ1v) is 8.99. The summed E-state index contributed by atoms with van der Waals surface area (Å²) in [4.78, 5) is 15.3. The average Bonchev–Trinajstić information content (AvgIpc) is 2.46. The molecule has 1 aliphatic carbocycles. The lowest BCUT2D eigenvalue weighted by molar-refractivity contribution is -0.160. The van der Waals surface area contributed by atoms with Crippen LogP contribution in [0.25, 0.3) is 0 Å². The van der Waals surface area contributed by atoms with E-state index in [0.717, 1.165) is 24.6 Å². The van der Waals surface area contributed by atoms with Gasteiger partial charge in [0.2, 0.25) is 5.91 Å². The van der Waals surface area contributed by atoms with E-state index in [4.69, 9.17) is 0 Å². The van der Waals surface area contributed by atoms with Gasteiger partial charge in [-0.3, -0.25) is 9.69 Å². The fraction of sp³-hybridized carbons (Fsp3) is 0.650. The molecule has 1 aromatic rings. The number of hydrogen-bond acceptors (Lipinski definition) is 2. The monoisotopic (exact) mass is 312 g/mol. The Labute approximate surface area is 139 Å². The molecule has 5 rings (SSSR count). The Kier molecular flexibility index (Phi) is 3.35. The van der Waals surface area contributed by atoms with E-state index in [1.165, 1.54) is 12.8 Å². The van der Waals surface area contributed by atoms with Crippen molar-refractivity contribution in [3.63, 3.8) is 0 Å². The molecule has 3 saturated heterocycles. The standard InChI is InChI=1S/C20H28N2O/c1-19(2)15-10-16-12-22(19)13-17(11-15)20(16,3)21-18(23)9-14-7-5-4-6-8-14/h4-8,15-17H,9-13H2,1-3H3,(H,21,23). The summed E-state index contributed by atoms with van der Waals surface area (Å²) >= 11 is 0. The van der Waals surface area contributed by atoms with Crippen molar-refractivity contribution in [1.82, 2.24) is 10.2 Å². The van der Waals surface area contributed by atoms with Crippen LogP contribution in [-0.2, 0) is 11.2 Å². The van der Waals surface area contributed by atoms with Gasteiger partial charge in [-0.2, -0.15) is 0 Å². The summed E-state index contributed by atoms with van der Waals surface area (Å²) in [7, 11) is 0. The average molecular weight is 312 g/mol. The second-order valence-corrected chi connectivity index (χ2v) is 8.61. The van der Waals surface area contributed by atoms with Gasteiger partial charge >= 0.3 is 0 Å². The Morgan fingerprint density at radius 2 is 1.70 bits per heavy atom. The Hall–Kier alpha value is -1.35. The van der Waals surface area contributed by atoms with Gasteiger partial charge in [0.25, 0.3) is 0 Å². The summed E-state index contributed by atoms with van der Waals surface area (Å²) in [5.74, 6) is 2.18. The lowest BCUT2D eigenvalue weighted by Crippen LogP contribution is -2.75. The highest BCUT2D eigenvalue weighted by molar-refractivity contribution is 5.79. The Morgan fingerprint density at radius 1 is 1.09 bits per heavy atom. The van der Waals surface area contributed by atoms with Crippen LogP contribution in [0.2, 0.25) is 0 Å². The highest BCUT2D eigenvalue weighted by atomic mass is 16.1. The Morgan fingerprint density at radius 3 is 2.26 bits per heavy atom. The predicted molar refractivity (Wildman–Crippen MR) is 92.0 cm³/mol. The molecule has 2 unspecified atom stereocenters. The van der Waals surface area contributed by atoms with Crippen LogP contribution in [-0.4, -0.2) is 35.0 Å². The molecular formula is C20H28N2O. The number of amides is 1. The van der Waals surface area contributed by atoms with Crippen molar-refractivity contribution in [2.45, 2.75) is 51.1 Å². The number of benzene rings is 1. The molecule has 1 N–H and O–H groups in total. The molecule has 0 radical (unpaired) electrons. The van der Waals surface area contributed by atoms with Crippen molar-refractivity contribution < 1.29 is 4.79 Å². The van der Waals surface area contributed by atoms with E-state index in [2.05, 4.69) is 31.0 Å². The molecule has 3 aliphatic heterocycles. The van der Waals surface area contributed by atoms with Crippen molar-refractivity contribution in [3.8, 4) is 0 Å². The van der Waals surface area contributed by atoms with Gasteiger partial charge in [-0.1, -0.05) is 30.3 Å². The van der Waals surface area contributed by atoms with Crippen molar-refractivity contribution >= 4 is 5.91 Å². The van der Waals surface area contributed by atoms with E-state index in [1.54, 1.807) is 0 Å². The number of hydrogen-bond donors (Lipinski definition) is 1. The highest BCUT2D eigenvalue weighted by Crippen LogP contribution is 2.55. The molecular weight excluding hydrogens is 284 g/mol. The minimum Gasteiger partial charge on any atom is -0.350 e. The van der Waals surface area contributed by atoms with E-state index in [1.807, 2.05) is 30.3 Å². The van der Waals surface area contributed by atoms with Crippen molar-refractivity contribution in [1.29, 1.82) is 0 Å². The molecule has 2 atom stereocenters. The van der Waals surface area contributed by atoms with Crippen LogP contribution in [0.5, 0.6) is 0 Å². The van der Waals surface area contributed by atoms with Crippen molar-refractivity contribution in [3.05, 3.63) is 35.9 Å². The molecule has 3 heterocycles. The molecule has 0 spiro atoms. The number of nitrogens with zero attached hydrogens (tertiary/aromatic N) is 1. The van der Waals surface area contributed by atoms with Crippen LogP contribution in [0.1, 0.15) is 39.2 Å². The van der Waals surface area contributed by atoms with Gasteiger partial charge in [0.05, 0.1) is 6.42 Å². The summed E-state index contributed by atoms with van der Waals surface area (Å²) in [5, 5.41) is 3.45. The van der Waals surface area contributed by atoms with Crippen LogP contribution >= 0.6 is 0 Å². The topological polar surface area (TPSA) is 32.3 Å². The first kappa shape index (κ1) is 15.2. The van der Waals surface area contributed by atoms with Crippen LogP contribution < -0.4 is 5.32 Å². The number of rotatable bonds is 3. The summed E-state index contributed by atoms with van der Waals surface area (Å²) in [6.07, 6.45) is 3.03. The molecule has 1 saturated carbocycles. The zero-order valence-corrected chi connectivity index (χ0v) is 14.5. The third kappa shape index (κ3) is 2.32. The minimum atomic E-state index is -0.0185. The van der Waals surface area contributed by atoms with Crippen LogP contribution in [0.4, 0.5) is 0 Å². The number of carbonyl (C=O) groups is 1. The Bertz CT molecular complexity index is 575. The zero-order chi connectivity index (χ0) is 16.2. The first-order valence-electron chi connectivity index (χ1n) is 8.99. The quantitative estimate of drug-likeness (QED) is 0.931. The predicted octanol–water partition coefficient (Wildman–Crippen LogP) is 2.85. The van der Waals surface area contributed by atoms with E-state index in [-0.39, 0.29) is 11.4 Å².